The molecule has 10 rings (SSSR count). The van der Waals surface area contributed by atoms with Crippen LogP contribution in [0.15, 0.2) is 173 Å². The number of hydrogen-bond donors (Lipinski definition) is 3. The molecule has 0 bridgehead atoms. The lowest BCUT2D eigenvalue weighted by Crippen LogP contribution is -2.67. The van der Waals surface area contributed by atoms with Crippen molar-refractivity contribution in [3.8, 4) is 46.3 Å². The molecule has 2 amide bonds. The molecule has 0 aliphatic carbocycles. The van der Waals surface area contributed by atoms with E-state index in [9.17, 15) is 19.5 Å². The smallest absolute Gasteiger partial charge is 0.408 e. The van der Waals surface area contributed by atoms with Crippen LogP contribution in [-0.4, -0.2) is 74.5 Å². The van der Waals surface area contributed by atoms with E-state index in [1.807, 2.05) is 97.1 Å². The number of aromatic nitrogens is 6. The highest BCUT2D eigenvalue weighted by Gasteiger charge is 2.51. The second-order valence-corrected chi connectivity index (χ2v) is 23.4. The Morgan fingerprint density at radius 3 is 1.73 bits per heavy atom. The summed E-state index contributed by atoms with van der Waals surface area (Å²) in [7, 11) is -3.22. The number of hydrogen-bond acceptors (Lipinski definition) is 19. The van der Waals surface area contributed by atoms with Gasteiger partial charge in [-0.15, -0.1) is 0 Å². The van der Waals surface area contributed by atoms with Crippen LogP contribution in [0.4, 0.5) is 4.79 Å². The van der Waals surface area contributed by atoms with Crippen LogP contribution in [0, 0.1) is 13.8 Å². The van der Waals surface area contributed by atoms with Crippen LogP contribution in [0.5, 0.6) is 0 Å². The van der Waals surface area contributed by atoms with E-state index >= 15 is 0 Å². The molecule has 0 saturated heterocycles. The molecule has 4 aromatic carbocycles. The summed E-state index contributed by atoms with van der Waals surface area (Å²) in [5.74, 6) is -0.693. The van der Waals surface area contributed by atoms with Gasteiger partial charge in [-0.2, -0.15) is 0 Å². The molecule has 79 heavy (non-hydrogen) atoms. The summed E-state index contributed by atoms with van der Waals surface area (Å²) < 4.78 is 53.2. The summed E-state index contributed by atoms with van der Waals surface area (Å²) in [4.78, 5) is 67.0. The molecule has 0 unspecified atom stereocenters. The van der Waals surface area contributed by atoms with Crippen molar-refractivity contribution >= 4 is 36.7 Å². The maximum Gasteiger partial charge on any atom is 0.408 e. The topological polar surface area (TPSA) is 279 Å². The number of nitrogens with one attached hydrogen (secondary N) is 2. The van der Waals surface area contributed by atoms with E-state index in [2.05, 4.69) is 80.6 Å². The molecule has 6 heterocycles. The van der Waals surface area contributed by atoms with E-state index in [1.54, 1.807) is 13.8 Å². The fraction of sp³-hybridized carbons (Fsp3) is 0.211. The van der Waals surface area contributed by atoms with Gasteiger partial charge in [0, 0.05) is 0 Å². The third-order valence-corrected chi connectivity index (χ3v) is 17.6. The minimum absolute atomic E-state index is 0.00840. The van der Waals surface area contributed by atoms with Crippen LogP contribution in [0.25, 0.3) is 46.3 Å². The first-order chi connectivity index (χ1) is 38.3. The number of oxazole rings is 6. The lowest BCUT2D eigenvalue weighted by Gasteiger charge is -2.43. The van der Waals surface area contributed by atoms with Gasteiger partial charge in [-0.3, -0.25) is 4.79 Å². The summed E-state index contributed by atoms with van der Waals surface area (Å²) >= 11 is 0. The number of ether oxygens (including phenoxy) is 2. The summed E-state index contributed by atoms with van der Waals surface area (Å²) in [6.07, 6.45) is 4.07. The van der Waals surface area contributed by atoms with Crippen molar-refractivity contribution in [3.05, 3.63) is 192 Å². The molecule has 10 aromatic rings. The molecular weight excluding hydrogens is 1030 g/mol. The third-order valence-electron chi connectivity index (χ3n) is 12.6. The molecule has 3 N–H and O–H groups in total. The maximum atomic E-state index is 14.4. The molecule has 6 aromatic heterocycles. The number of alkyl carbamates (subject to hydrolysis) is 1. The number of carbonyl (C=O) groups is 3. The van der Waals surface area contributed by atoms with Crippen LogP contribution in [0.3, 0.4) is 0 Å². The molecule has 402 valence electrons. The molecule has 0 radical (unpaired) electrons. The molecule has 0 aliphatic heterocycles. The van der Waals surface area contributed by atoms with Crippen molar-refractivity contribution < 1.29 is 59.9 Å². The molecule has 0 spiro atoms. The fourth-order valence-electron chi connectivity index (χ4n) is 8.73. The minimum Gasteiger partial charge on any atom is -0.456 e. The zero-order valence-corrected chi connectivity index (χ0v) is 44.4. The third kappa shape index (κ3) is 11.6. The van der Waals surface area contributed by atoms with E-state index < -0.39 is 50.0 Å². The normalized spacial score (nSPS) is 12.5. The van der Waals surface area contributed by atoms with Crippen LogP contribution in [0.2, 0.25) is 5.04 Å². The highest BCUT2D eigenvalue weighted by Crippen LogP contribution is 2.38. The quantitative estimate of drug-likeness (QED) is 0.0473. The second kappa shape index (κ2) is 23.0. The minimum atomic E-state index is -3.22. The van der Waals surface area contributed by atoms with Crippen molar-refractivity contribution in [2.45, 2.75) is 65.0 Å². The van der Waals surface area contributed by atoms with Crippen molar-refractivity contribution in [1.82, 2.24) is 40.5 Å². The number of nitrogens with zero attached hydrogens (tertiary/aromatic N) is 6. The van der Waals surface area contributed by atoms with Gasteiger partial charge in [0.2, 0.25) is 35.3 Å². The van der Waals surface area contributed by atoms with E-state index in [-0.39, 0.29) is 89.3 Å². The Labute approximate surface area is 452 Å². The fourth-order valence-corrected chi connectivity index (χ4v) is 13.3. The second-order valence-electron chi connectivity index (χ2n) is 19.1. The molecular formula is C57H52N8O13Si. The molecule has 22 heteroatoms. The first-order valence-electron chi connectivity index (χ1n) is 24.9. The zero-order chi connectivity index (χ0) is 55.1. The van der Waals surface area contributed by atoms with Gasteiger partial charge in [-0.1, -0.05) is 142 Å². The number of carbonyl (C=O) groups excluding carboxylic acids is 3. The molecule has 0 fully saturated rings. The summed E-state index contributed by atoms with van der Waals surface area (Å²) in [5, 5.41) is 17.2. The Morgan fingerprint density at radius 2 is 1.09 bits per heavy atom. The number of aryl methyl sites for hydroxylation is 2. The lowest BCUT2D eigenvalue weighted by atomic mass is 10.2. The van der Waals surface area contributed by atoms with Gasteiger partial charge in [-0.05, 0) is 40.4 Å². The monoisotopic (exact) mass is 1080 g/mol. The van der Waals surface area contributed by atoms with E-state index in [4.69, 9.17) is 45.4 Å². The summed E-state index contributed by atoms with van der Waals surface area (Å²) in [5.41, 5.74) is 2.10. The maximum absolute atomic E-state index is 14.4. The van der Waals surface area contributed by atoms with E-state index in [1.165, 1.54) is 25.1 Å². The number of rotatable bonds is 20. The van der Waals surface area contributed by atoms with E-state index in [0.717, 1.165) is 21.5 Å². The molecule has 21 nitrogen and oxygen atoms in total. The number of amides is 2. The average molecular weight is 1090 g/mol. The SMILES string of the molecule is Cc1oc(-c2nc([C@H](CO[Si](c3ccccc3)(c3ccccc3)C(C)(C)C)NC(=O)c3coc(-c4coc(-c5coc([C@H](CO)NC(=O)OCc6ccccc6)n5)n4)n3)oc2C)nc1-c1nc(C(=O)OCc2ccccc2)co1. The van der Waals surface area contributed by atoms with Gasteiger partial charge >= 0.3 is 12.1 Å². The van der Waals surface area contributed by atoms with Gasteiger partial charge < -0.3 is 56.1 Å². The Hall–Kier alpha value is -9.51. The van der Waals surface area contributed by atoms with Crippen LogP contribution in [0.1, 0.15) is 88.3 Å². The van der Waals surface area contributed by atoms with Gasteiger partial charge in [0.15, 0.2) is 34.2 Å². The molecule has 0 aliphatic rings. The number of aliphatic hydroxyl groups is 1. The Kier molecular flexibility index (Phi) is 15.4. The van der Waals surface area contributed by atoms with Crippen LogP contribution < -0.4 is 21.0 Å². The predicted molar refractivity (Wildman–Crippen MR) is 283 cm³/mol. The van der Waals surface area contributed by atoms with Crippen molar-refractivity contribution in [3.63, 3.8) is 0 Å². The highest BCUT2D eigenvalue weighted by molar-refractivity contribution is 6.99. The van der Waals surface area contributed by atoms with Crippen LogP contribution >= 0.6 is 0 Å². The largest absolute Gasteiger partial charge is 0.456 e. The predicted octanol–water partition coefficient (Wildman–Crippen LogP) is 9.26. The van der Waals surface area contributed by atoms with Gasteiger partial charge in [-0.25, -0.2) is 39.5 Å². The Morgan fingerprint density at radius 1 is 0.557 bits per heavy atom. The standard InChI is InChI=1S/C57H52N8O13Si/c1-34-46(53-62-45(32-73-53)55(68)74-27-36-18-10-6-11-19-36)65-54(78-34)47-35(2)77-52(64-47)44(33-76-79(57(3,4)5,38-22-14-8-15-23-38)39-24-16-9-17-25-39)58-48(67)41-29-70-50(59-41)42-31-72-51(61-42)43-30-71-49(60-43)40(26-66)63-56(69)75-28-37-20-12-7-13-21-37/h6-25,29-32,40,44,66H,26-28,33H2,1-5H3,(H,58,67)(H,63,69)/t40-,44-/m0/s1. The van der Waals surface area contributed by atoms with E-state index in [0.29, 0.717) is 11.5 Å². The molecule has 2 atom stereocenters. The Balaban J connectivity index is 0.897. The average Bonchev–Trinajstić information content (AvgIpc) is 4.48. The zero-order valence-electron chi connectivity index (χ0n) is 43.4. The van der Waals surface area contributed by atoms with Crippen molar-refractivity contribution in [1.29, 1.82) is 0 Å². The first kappa shape index (κ1) is 52.9. The van der Waals surface area contributed by atoms with Gasteiger partial charge in [0.1, 0.15) is 61.9 Å². The first-order valence-corrected chi connectivity index (χ1v) is 26.8. The lowest BCUT2D eigenvalue weighted by molar-refractivity contribution is 0.0465. The van der Waals surface area contributed by atoms with Crippen LogP contribution in [-0.2, 0) is 27.1 Å². The van der Waals surface area contributed by atoms with Gasteiger partial charge in [0.25, 0.3) is 14.2 Å². The summed E-state index contributed by atoms with van der Waals surface area (Å²) in [6, 6.07) is 36.3. The molecule has 0 saturated carbocycles. The van der Waals surface area contributed by atoms with Gasteiger partial charge in [0.05, 0.1) is 13.2 Å². The number of esters is 1. The Bertz CT molecular complexity index is 3640. The van der Waals surface area contributed by atoms with Crippen molar-refractivity contribution in [2.24, 2.45) is 0 Å². The number of benzene rings is 4. The number of aliphatic hydroxyl groups excluding tert-OH is 1. The highest BCUT2D eigenvalue weighted by atomic mass is 28.4. The summed E-state index contributed by atoms with van der Waals surface area (Å²) in [6.45, 7) is 9.16. The van der Waals surface area contributed by atoms with Crippen molar-refractivity contribution in [2.75, 3.05) is 13.2 Å².